The number of benzene rings is 3. The van der Waals surface area contributed by atoms with Gasteiger partial charge in [-0.2, -0.15) is 5.10 Å². The van der Waals surface area contributed by atoms with E-state index < -0.39 is 0 Å². The van der Waals surface area contributed by atoms with Crippen molar-refractivity contribution >= 4 is 51.9 Å². The van der Waals surface area contributed by atoms with Gasteiger partial charge >= 0.3 is 0 Å². The maximum Gasteiger partial charge on any atom is 0.266 e. The maximum atomic E-state index is 13.4. The van der Waals surface area contributed by atoms with Crippen LogP contribution >= 0.6 is 35.6 Å². The Labute approximate surface area is 236 Å². The number of nitrogens with zero attached hydrogens (tertiary/aromatic N) is 3. The van der Waals surface area contributed by atoms with E-state index in [0.717, 1.165) is 39.4 Å². The number of halogens is 1. The SMILES string of the molecule is C=CCOc1ccc(-c2nn(-c3ccccc3)cc2/C=C2\SC(=S)N(Cc3ccccc3Cl)C2=O)c(C)c1. The Morgan fingerprint density at radius 1 is 1.11 bits per heavy atom. The summed E-state index contributed by atoms with van der Waals surface area (Å²) in [6.45, 7) is 6.48. The Bertz CT molecular complexity index is 1560. The highest BCUT2D eigenvalue weighted by molar-refractivity contribution is 8.26. The zero-order valence-corrected chi connectivity index (χ0v) is 23.0. The average molecular weight is 558 g/mol. The second-order valence-electron chi connectivity index (χ2n) is 8.65. The van der Waals surface area contributed by atoms with Gasteiger partial charge in [0.2, 0.25) is 0 Å². The third-order valence-corrected chi connectivity index (χ3v) is 7.78. The molecule has 0 aliphatic carbocycles. The molecule has 190 valence electrons. The van der Waals surface area contributed by atoms with Crippen LogP contribution < -0.4 is 4.74 Å². The predicted molar refractivity (Wildman–Crippen MR) is 160 cm³/mol. The lowest BCUT2D eigenvalue weighted by Gasteiger charge is -2.15. The molecule has 0 unspecified atom stereocenters. The van der Waals surface area contributed by atoms with Crippen LogP contribution in [0.25, 0.3) is 23.0 Å². The lowest BCUT2D eigenvalue weighted by atomic mass is 10.0. The zero-order valence-electron chi connectivity index (χ0n) is 20.6. The summed E-state index contributed by atoms with van der Waals surface area (Å²) in [6, 6.07) is 23.2. The number of hydrogen-bond donors (Lipinski definition) is 0. The van der Waals surface area contributed by atoms with Gasteiger partial charge in [0.05, 0.1) is 17.1 Å². The minimum Gasteiger partial charge on any atom is -0.490 e. The molecule has 1 aromatic heterocycles. The van der Waals surface area contributed by atoms with Crippen molar-refractivity contribution in [3.8, 4) is 22.7 Å². The fourth-order valence-corrected chi connectivity index (χ4v) is 5.58. The minimum absolute atomic E-state index is 0.150. The number of rotatable bonds is 8. The first-order chi connectivity index (χ1) is 18.4. The molecule has 0 saturated carbocycles. The highest BCUT2D eigenvalue weighted by Crippen LogP contribution is 2.37. The second-order valence-corrected chi connectivity index (χ2v) is 10.7. The largest absolute Gasteiger partial charge is 0.490 e. The van der Waals surface area contributed by atoms with Gasteiger partial charge in [0.15, 0.2) is 0 Å². The van der Waals surface area contributed by atoms with E-state index in [1.807, 2.05) is 96.7 Å². The van der Waals surface area contributed by atoms with Gasteiger partial charge in [0, 0.05) is 22.3 Å². The molecule has 1 saturated heterocycles. The van der Waals surface area contributed by atoms with Crippen molar-refractivity contribution in [1.82, 2.24) is 14.7 Å². The molecule has 2 heterocycles. The van der Waals surface area contributed by atoms with Crippen LogP contribution in [0, 0.1) is 6.92 Å². The number of hydrogen-bond acceptors (Lipinski definition) is 5. The van der Waals surface area contributed by atoms with Crippen molar-refractivity contribution in [1.29, 1.82) is 0 Å². The summed E-state index contributed by atoms with van der Waals surface area (Å²) in [4.78, 5) is 15.6. The van der Waals surface area contributed by atoms with E-state index >= 15 is 0 Å². The van der Waals surface area contributed by atoms with Gasteiger partial charge in [-0.3, -0.25) is 9.69 Å². The normalized spacial score (nSPS) is 14.4. The Hall–Kier alpha value is -3.65. The van der Waals surface area contributed by atoms with Gasteiger partial charge < -0.3 is 4.74 Å². The molecule has 1 aliphatic rings. The van der Waals surface area contributed by atoms with Gasteiger partial charge in [-0.25, -0.2) is 4.68 Å². The molecule has 5 rings (SSSR count). The lowest BCUT2D eigenvalue weighted by Crippen LogP contribution is -2.27. The van der Waals surface area contributed by atoms with Gasteiger partial charge in [-0.1, -0.05) is 84.6 Å². The molecule has 0 bridgehead atoms. The molecule has 1 aliphatic heterocycles. The monoisotopic (exact) mass is 557 g/mol. The molecule has 0 spiro atoms. The Morgan fingerprint density at radius 2 is 1.87 bits per heavy atom. The predicted octanol–water partition coefficient (Wildman–Crippen LogP) is 7.47. The number of aryl methyl sites for hydroxylation is 1. The minimum atomic E-state index is -0.150. The first-order valence-corrected chi connectivity index (χ1v) is 13.5. The van der Waals surface area contributed by atoms with Crippen LogP contribution in [0.1, 0.15) is 16.7 Å². The quantitative estimate of drug-likeness (QED) is 0.128. The van der Waals surface area contributed by atoms with Crippen LogP contribution in [0.4, 0.5) is 0 Å². The van der Waals surface area contributed by atoms with E-state index in [9.17, 15) is 4.79 Å². The summed E-state index contributed by atoms with van der Waals surface area (Å²) < 4.78 is 8.03. The first-order valence-electron chi connectivity index (χ1n) is 11.9. The Balaban J connectivity index is 1.53. The molecule has 1 amide bonds. The maximum absolute atomic E-state index is 13.4. The van der Waals surface area contributed by atoms with E-state index in [1.54, 1.807) is 11.0 Å². The number of carbonyl (C=O) groups excluding carboxylic acids is 1. The van der Waals surface area contributed by atoms with Crippen LogP contribution in [-0.2, 0) is 11.3 Å². The van der Waals surface area contributed by atoms with Gasteiger partial charge in [-0.15, -0.1) is 0 Å². The van der Waals surface area contributed by atoms with E-state index in [0.29, 0.717) is 27.4 Å². The molecule has 0 atom stereocenters. The molecule has 1 fully saturated rings. The average Bonchev–Trinajstić information content (AvgIpc) is 3.45. The summed E-state index contributed by atoms with van der Waals surface area (Å²) in [5.74, 6) is 0.610. The first kappa shape index (κ1) is 26.0. The summed E-state index contributed by atoms with van der Waals surface area (Å²) in [6.07, 6.45) is 5.52. The van der Waals surface area contributed by atoms with Gasteiger partial charge in [0.1, 0.15) is 22.4 Å². The van der Waals surface area contributed by atoms with E-state index in [2.05, 4.69) is 6.58 Å². The van der Waals surface area contributed by atoms with Crippen LogP contribution in [0.5, 0.6) is 5.75 Å². The molecule has 5 nitrogen and oxygen atoms in total. The van der Waals surface area contributed by atoms with Gasteiger partial charge in [-0.05, 0) is 60.5 Å². The number of thiocarbonyl (C=S) groups is 1. The van der Waals surface area contributed by atoms with E-state index in [4.69, 9.17) is 33.7 Å². The zero-order chi connectivity index (χ0) is 26.6. The Morgan fingerprint density at radius 3 is 2.61 bits per heavy atom. The lowest BCUT2D eigenvalue weighted by molar-refractivity contribution is -0.122. The van der Waals surface area contributed by atoms with Crippen LogP contribution in [0.3, 0.4) is 0 Å². The third-order valence-electron chi connectivity index (χ3n) is 6.03. The highest BCUT2D eigenvalue weighted by Gasteiger charge is 2.33. The third kappa shape index (κ3) is 5.45. The molecule has 8 heteroatoms. The molecule has 38 heavy (non-hydrogen) atoms. The van der Waals surface area contributed by atoms with Crippen LogP contribution in [0.15, 0.2) is 96.6 Å². The van der Waals surface area contributed by atoms with Gasteiger partial charge in [0.25, 0.3) is 5.91 Å². The van der Waals surface area contributed by atoms with E-state index in [-0.39, 0.29) is 5.91 Å². The van der Waals surface area contributed by atoms with Crippen molar-refractivity contribution in [2.24, 2.45) is 0 Å². The highest BCUT2D eigenvalue weighted by atomic mass is 35.5. The van der Waals surface area contributed by atoms with Crippen molar-refractivity contribution in [2.45, 2.75) is 13.5 Å². The van der Waals surface area contributed by atoms with Crippen LogP contribution in [-0.4, -0.2) is 31.5 Å². The van der Waals surface area contributed by atoms with E-state index in [1.165, 1.54) is 11.8 Å². The fourth-order valence-electron chi connectivity index (χ4n) is 4.14. The topological polar surface area (TPSA) is 47.4 Å². The smallest absolute Gasteiger partial charge is 0.266 e. The number of aromatic nitrogens is 2. The number of ether oxygens (including phenoxy) is 1. The molecular formula is C30H24ClN3O2S2. The molecule has 3 aromatic carbocycles. The molecule has 0 radical (unpaired) electrons. The van der Waals surface area contributed by atoms with Crippen molar-refractivity contribution in [2.75, 3.05) is 6.61 Å². The van der Waals surface area contributed by atoms with Crippen molar-refractivity contribution < 1.29 is 9.53 Å². The number of amides is 1. The number of carbonyl (C=O) groups is 1. The summed E-state index contributed by atoms with van der Waals surface area (Å²) in [5, 5.41) is 5.52. The Kier molecular flexibility index (Phi) is 7.79. The summed E-state index contributed by atoms with van der Waals surface area (Å²) in [7, 11) is 0. The standard InChI is InChI=1S/C30H24ClN3O2S2/c1-3-15-36-24-13-14-25(20(2)16-24)28-22(19-34(32-28)23-10-5-4-6-11-23)17-27-29(35)33(30(37)38-27)18-21-9-7-8-12-26(21)31/h3-14,16-17,19H,1,15,18H2,2H3/b27-17-. The van der Waals surface area contributed by atoms with Crippen LogP contribution in [0.2, 0.25) is 5.02 Å². The number of para-hydroxylation sites is 1. The fraction of sp³-hybridized carbons (Fsp3) is 0.100. The molecular weight excluding hydrogens is 534 g/mol. The van der Waals surface area contributed by atoms with Crippen molar-refractivity contribution in [3.63, 3.8) is 0 Å². The molecule has 0 N–H and O–H groups in total. The van der Waals surface area contributed by atoms with Crippen molar-refractivity contribution in [3.05, 3.63) is 118 Å². The summed E-state index contributed by atoms with van der Waals surface area (Å²) >= 11 is 13.2. The summed E-state index contributed by atoms with van der Waals surface area (Å²) in [5.41, 5.74) is 5.30. The number of thioether (sulfide) groups is 1. The second kappa shape index (κ2) is 11.4. The molecule has 4 aromatic rings.